The third-order valence-corrected chi connectivity index (χ3v) is 6.68. The van der Waals surface area contributed by atoms with Crippen LogP contribution in [0.1, 0.15) is 49.0 Å². The van der Waals surface area contributed by atoms with E-state index in [4.69, 9.17) is 16.3 Å². The zero-order valence-electron chi connectivity index (χ0n) is 19.8. The van der Waals surface area contributed by atoms with Crippen LogP contribution in [0.2, 0.25) is 5.02 Å². The molecule has 0 radical (unpaired) electrons. The Labute approximate surface area is 203 Å². The van der Waals surface area contributed by atoms with Gasteiger partial charge in [0.2, 0.25) is 0 Å². The molecule has 174 valence electrons. The minimum Gasteiger partial charge on any atom is -0.486 e. The van der Waals surface area contributed by atoms with Gasteiger partial charge < -0.3 is 9.64 Å². The highest BCUT2D eigenvalue weighted by Gasteiger charge is 2.20. The molecule has 1 unspecified atom stereocenters. The van der Waals surface area contributed by atoms with E-state index in [0.717, 1.165) is 62.0 Å². The van der Waals surface area contributed by atoms with Crippen LogP contribution in [0.25, 0.3) is 0 Å². The quantitative estimate of drug-likeness (QED) is 0.348. The van der Waals surface area contributed by atoms with Crippen molar-refractivity contribution in [3.63, 3.8) is 0 Å². The number of benzene rings is 3. The zero-order chi connectivity index (χ0) is 23.0. The third kappa shape index (κ3) is 7.07. The molecule has 4 heteroatoms. The Morgan fingerprint density at radius 1 is 0.788 bits per heavy atom. The number of nitrogens with zero attached hydrogens (tertiary/aromatic N) is 2. The van der Waals surface area contributed by atoms with Gasteiger partial charge in [-0.2, -0.15) is 0 Å². The monoisotopic (exact) mass is 462 g/mol. The summed E-state index contributed by atoms with van der Waals surface area (Å²) in [5, 5.41) is 0.756. The van der Waals surface area contributed by atoms with Gasteiger partial charge in [-0.15, -0.1) is 0 Å². The summed E-state index contributed by atoms with van der Waals surface area (Å²) >= 11 is 6.32. The average Bonchev–Trinajstić information content (AvgIpc) is 2.83. The molecule has 4 rings (SSSR count). The molecule has 0 bridgehead atoms. The first-order chi connectivity index (χ1) is 16.1. The minimum absolute atomic E-state index is 0.0199. The summed E-state index contributed by atoms with van der Waals surface area (Å²) in [6, 6.07) is 27.4. The van der Waals surface area contributed by atoms with Crippen molar-refractivity contribution in [1.82, 2.24) is 9.80 Å². The first-order valence-corrected chi connectivity index (χ1v) is 12.5. The van der Waals surface area contributed by atoms with Gasteiger partial charge in [0.15, 0.2) is 0 Å². The molecule has 3 nitrogen and oxygen atoms in total. The van der Waals surface area contributed by atoms with E-state index in [1.165, 1.54) is 11.1 Å². The van der Waals surface area contributed by atoms with Crippen LogP contribution in [0.15, 0.2) is 78.9 Å². The van der Waals surface area contributed by atoms with E-state index < -0.39 is 0 Å². The maximum absolute atomic E-state index is 6.54. The van der Waals surface area contributed by atoms with Crippen LogP contribution in [0.4, 0.5) is 0 Å². The van der Waals surface area contributed by atoms with Crippen molar-refractivity contribution in [2.24, 2.45) is 0 Å². The van der Waals surface area contributed by atoms with E-state index in [1.807, 2.05) is 18.2 Å². The Morgan fingerprint density at radius 3 is 2.21 bits per heavy atom. The van der Waals surface area contributed by atoms with Gasteiger partial charge in [0.25, 0.3) is 0 Å². The van der Waals surface area contributed by atoms with E-state index >= 15 is 0 Å². The summed E-state index contributed by atoms with van der Waals surface area (Å²) < 4.78 is 6.54. The van der Waals surface area contributed by atoms with Crippen LogP contribution in [-0.4, -0.2) is 42.5 Å². The molecule has 1 aliphatic rings. The molecule has 33 heavy (non-hydrogen) atoms. The van der Waals surface area contributed by atoms with Crippen molar-refractivity contribution in [2.45, 2.75) is 38.8 Å². The second kappa shape index (κ2) is 11.7. The molecule has 3 aromatic carbocycles. The summed E-state index contributed by atoms with van der Waals surface area (Å²) in [6.45, 7) is 10.9. The summed E-state index contributed by atoms with van der Waals surface area (Å²) in [4.78, 5) is 5.11. The molecule has 0 saturated carbocycles. The molecule has 0 aromatic heterocycles. The Morgan fingerprint density at radius 2 is 1.48 bits per heavy atom. The van der Waals surface area contributed by atoms with Crippen molar-refractivity contribution in [3.8, 4) is 5.75 Å². The minimum atomic E-state index is -0.0199. The lowest BCUT2D eigenvalue weighted by Gasteiger charge is -2.35. The van der Waals surface area contributed by atoms with Crippen LogP contribution in [0.3, 0.4) is 0 Å². The summed E-state index contributed by atoms with van der Waals surface area (Å²) in [6.07, 6.45) is 0.916. The Kier molecular flexibility index (Phi) is 8.44. The first kappa shape index (κ1) is 23.8. The van der Waals surface area contributed by atoms with Gasteiger partial charge in [0.05, 0.1) is 0 Å². The van der Waals surface area contributed by atoms with Gasteiger partial charge in [-0.3, -0.25) is 4.90 Å². The van der Waals surface area contributed by atoms with Gasteiger partial charge in [-0.05, 0) is 46.9 Å². The van der Waals surface area contributed by atoms with E-state index in [2.05, 4.69) is 84.3 Å². The zero-order valence-corrected chi connectivity index (χ0v) is 20.5. The largest absolute Gasteiger partial charge is 0.486 e. The summed E-state index contributed by atoms with van der Waals surface area (Å²) in [7, 11) is 0. The molecule has 0 N–H and O–H groups in total. The standard InChI is InChI=1S/C29H35ClN2O/c1-23(2)25-10-7-13-28(21-25)33-29(26-11-6-12-27(30)20-26)14-15-31-16-18-32(19-17-31)22-24-8-4-3-5-9-24/h3-13,20-21,23,29H,14-19,22H2,1-2H3. The fraction of sp³-hybridized carbons (Fsp3) is 0.379. The highest BCUT2D eigenvalue weighted by molar-refractivity contribution is 6.30. The number of rotatable bonds is 9. The molecule has 1 atom stereocenters. The fourth-order valence-electron chi connectivity index (χ4n) is 4.42. The van der Waals surface area contributed by atoms with Crippen molar-refractivity contribution >= 4 is 11.6 Å². The molecule has 1 heterocycles. The number of hydrogen-bond acceptors (Lipinski definition) is 3. The fourth-order valence-corrected chi connectivity index (χ4v) is 4.62. The second-order valence-corrected chi connectivity index (χ2v) is 9.72. The molecule has 0 amide bonds. The van der Waals surface area contributed by atoms with Gasteiger partial charge in [-0.1, -0.05) is 80.0 Å². The Bertz CT molecular complexity index is 999. The second-order valence-electron chi connectivity index (χ2n) is 9.28. The van der Waals surface area contributed by atoms with E-state index in [-0.39, 0.29) is 6.10 Å². The van der Waals surface area contributed by atoms with Crippen LogP contribution in [0.5, 0.6) is 5.75 Å². The van der Waals surface area contributed by atoms with E-state index in [1.54, 1.807) is 0 Å². The molecular formula is C29H35ClN2O. The predicted molar refractivity (Wildman–Crippen MR) is 138 cm³/mol. The van der Waals surface area contributed by atoms with Gasteiger partial charge >= 0.3 is 0 Å². The van der Waals surface area contributed by atoms with Gasteiger partial charge in [0, 0.05) is 50.7 Å². The normalized spacial score (nSPS) is 16.1. The van der Waals surface area contributed by atoms with Crippen LogP contribution in [0, 0.1) is 0 Å². The highest BCUT2D eigenvalue weighted by atomic mass is 35.5. The van der Waals surface area contributed by atoms with E-state index in [9.17, 15) is 0 Å². The maximum atomic E-state index is 6.54. The van der Waals surface area contributed by atoms with Crippen LogP contribution < -0.4 is 4.74 Å². The first-order valence-electron chi connectivity index (χ1n) is 12.1. The lowest BCUT2D eigenvalue weighted by atomic mass is 10.0. The lowest BCUT2D eigenvalue weighted by Crippen LogP contribution is -2.46. The van der Waals surface area contributed by atoms with Gasteiger partial charge in [0.1, 0.15) is 11.9 Å². The molecule has 3 aromatic rings. The Hall–Kier alpha value is -2.33. The molecule has 1 fully saturated rings. The van der Waals surface area contributed by atoms with Crippen molar-refractivity contribution in [2.75, 3.05) is 32.7 Å². The molecule has 1 aliphatic heterocycles. The van der Waals surface area contributed by atoms with Crippen LogP contribution in [-0.2, 0) is 6.54 Å². The molecule has 0 spiro atoms. The highest BCUT2D eigenvalue weighted by Crippen LogP contribution is 2.29. The average molecular weight is 463 g/mol. The Balaban J connectivity index is 1.36. The molecular weight excluding hydrogens is 428 g/mol. The number of piperazine rings is 1. The predicted octanol–water partition coefficient (Wildman–Crippen LogP) is 6.79. The molecule has 0 aliphatic carbocycles. The van der Waals surface area contributed by atoms with Crippen molar-refractivity contribution < 1.29 is 4.74 Å². The SMILES string of the molecule is CC(C)c1cccc(OC(CCN2CCN(Cc3ccccc3)CC2)c2cccc(Cl)c2)c1. The van der Waals surface area contributed by atoms with Crippen molar-refractivity contribution in [3.05, 3.63) is 101 Å². The molecule has 1 saturated heterocycles. The third-order valence-electron chi connectivity index (χ3n) is 6.44. The topological polar surface area (TPSA) is 15.7 Å². The summed E-state index contributed by atoms with van der Waals surface area (Å²) in [5.41, 5.74) is 3.83. The lowest BCUT2D eigenvalue weighted by molar-refractivity contribution is 0.107. The number of ether oxygens (including phenoxy) is 1. The van der Waals surface area contributed by atoms with E-state index in [0.29, 0.717) is 5.92 Å². The number of halogens is 1. The van der Waals surface area contributed by atoms with Gasteiger partial charge in [-0.25, -0.2) is 0 Å². The smallest absolute Gasteiger partial charge is 0.125 e. The summed E-state index contributed by atoms with van der Waals surface area (Å²) in [5.74, 6) is 1.41. The maximum Gasteiger partial charge on any atom is 0.125 e. The van der Waals surface area contributed by atoms with Crippen molar-refractivity contribution in [1.29, 1.82) is 0 Å². The number of hydrogen-bond donors (Lipinski definition) is 0. The van der Waals surface area contributed by atoms with Crippen LogP contribution >= 0.6 is 11.6 Å².